The second-order valence-electron chi connectivity index (χ2n) is 5.62. The molecule has 0 aliphatic rings. The summed E-state index contributed by atoms with van der Waals surface area (Å²) in [5, 5.41) is 0.631. The van der Waals surface area contributed by atoms with Gasteiger partial charge in [0.05, 0.1) is 18.5 Å². The van der Waals surface area contributed by atoms with Gasteiger partial charge in [0.1, 0.15) is 11.3 Å². The number of aromatic nitrogens is 2. The molecule has 0 aliphatic heterocycles. The molecular formula is C18H19ClN2O3. The van der Waals surface area contributed by atoms with Crippen molar-refractivity contribution < 1.29 is 9.47 Å². The minimum absolute atomic E-state index is 0.168. The number of aryl methyl sites for hydroxylation is 1. The standard InChI is InChI=1S/C18H19ClN2O3/c1-12-4-5-13(19)8-15(12)16-11-21-10-14(24-7-3-6-23-2)9-17(21)18(22)20-16/h4-5,8-11H,3,6-7H2,1-2H3,(H,20,22). The molecule has 0 fully saturated rings. The van der Waals surface area contributed by atoms with Crippen molar-refractivity contribution in [2.75, 3.05) is 20.3 Å². The molecule has 0 spiro atoms. The van der Waals surface area contributed by atoms with Crippen molar-refractivity contribution in [1.29, 1.82) is 0 Å². The SMILES string of the molecule is COCCCOc1cc2c(=O)[nH]c(-c3cc(Cl)ccc3C)cn2c1. The van der Waals surface area contributed by atoms with Gasteiger partial charge in [-0.25, -0.2) is 0 Å². The summed E-state index contributed by atoms with van der Waals surface area (Å²) in [6.45, 7) is 3.17. The van der Waals surface area contributed by atoms with Crippen LogP contribution in [0.25, 0.3) is 16.8 Å². The number of hydrogen-bond acceptors (Lipinski definition) is 3. The van der Waals surface area contributed by atoms with Gasteiger partial charge < -0.3 is 18.9 Å². The number of nitrogens with one attached hydrogen (secondary N) is 1. The first-order valence-electron chi connectivity index (χ1n) is 7.72. The van der Waals surface area contributed by atoms with E-state index in [4.69, 9.17) is 21.1 Å². The van der Waals surface area contributed by atoms with Gasteiger partial charge in [-0.3, -0.25) is 4.79 Å². The smallest absolute Gasteiger partial charge is 0.272 e. The fraction of sp³-hybridized carbons (Fsp3) is 0.278. The molecule has 24 heavy (non-hydrogen) atoms. The van der Waals surface area contributed by atoms with Crippen molar-refractivity contribution in [3.63, 3.8) is 0 Å². The maximum absolute atomic E-state index is 12.4. The lowest BCUT2D eigenvalue weighted by molar-refractivity contribution is 0.172. The van der Waals surface area contributed by atoms with E-state index in [0.717, 1.165) is 17.5 Å². The van der Waals surface area contributed by atoms with E-state index < -0.39 is 0 Å². The van der Waals surface area contributed by atoms with E-state index in [1.165, 1.54) is 0 Å². The minimum Gasteiger partial charge on any atom is -0.492 e. The Morgan fingerprint density at radius 3 is 2.83 bits per heavy atom. The quantitative estimate of drug-likeness (QED) is 0.693. The lowest BCUT2D eigenvalue weighted by Crippen LogP contribution is -2.10. The van der Waals surface area contributed by atoms with Gasteiger partial charge in [0.15, 0.2) is 0 Å². The molecule has 0 amide bonds. The van der Waals surface area contributed by atoms with Crippen LogP contribution in [0.4, 0.5) is 0 Å². The molecule has 0 radical (unpaired) electrons. The zero-order chi connectivity index (χ0) is 17.1. The molecule has 0 atom stereocenters. The van der Waals surface area contributed by atoms with Crippen LogP contribution < -0.4 is 10.3 Å². The van der Waals surface area contributed by atoms with Gasteiger partial charge in [-0.2, -0.15) is 0 Å². The van der Waals surface area contributed by atoms with Crippen molar-refractivity contribution >= 4 is 17.1 Å². The fourth-order valence-electron chi connectivity index (χ4n) is 2.59. The number of rotatable bonds is 6. The van der Waals surface area contributed by atoms with Crippen molar-refractivity contribution in [3.8, 4) is 17.0 Å². The third kappa shape index (κ3) is 3.47. The molecule has 2 aromatic heterocycles. The molecule has 0 bridgehead atoms. The van der Waals surface area contributed by atoms with Crippen molar-refractivity contribution in [2.24, 2.45) is 0 Å². The monoisotopic (exact) mass is 346 g/mol. The number of halogens is 1. The van der Waals surface area contributed by atoms with Gasteiger partial charge in [-0.05, 0) is 24.6 Å². The first-order valence-corrected chi connectivity index (χ1v) is 8.09. The van der Waals surface area contributed by atoms with Crippen LogP contribution in [-0.2, 0) is 4.74 Å². The lowest BCUT2D eigenvalue weighted by Gasteiger charge is -2.07. The molecule has 1 N–H and O–H groups in total. The number of aromatic amines is 1. The lowest BCUT2D eigenvalue weighted by atomic mass is 10.1. The van der Waals surface area contributed by atoms with Crippen LogP contribution in [-0.4, -0.2) is 29.7 Å². The Labute approximate surface area is 144 Å². The number of methoxy groups -OCH3 is 1. The van der Waals surface area contributed by atoms with E-state index in [1.807, 2.05) is 31.3 Å². The molecule has 6 heteroatoms. The van der Waals surface area contributed by atoms with Crippen LogP contribution in [0, 0.1) is 6.92 Å². The molecule has 3 aromatic rings. The number of nitrogens with zero attached hydrogens (tertiary/aromatic N) is 1. The Balaban J connectivity index is 1.95. The van der Waals surface area contributed by atoms with E-state index in [2.05, 4.69) is 4.98 Å². The average molecular weight is 347 g/mol. The van der Waals surface area contributed by atoms with E-state index in [-0.39, 0.29) is 5.56 Å². The highest BCUT2D eigenvalue weighted by atomic mass is 35.5. The molecular weight excluding hydrogens is 328 g/mol. The Bertz CT molecular complexity index is 914. The van der Waals surface area contributed by atoms with Crippen molar-refractivity contribution in [2.45, 2.75) is 13.3 Å². The topological polar surface area (TPSA) is 55.7 Å². The van der Waals surface area contributed by atoms with Gasteiger partial charge >= 0.3 is 0 Å². The summed E-state index contributed by atoms with van der Waals surface area (Å²) in [6.07, 6.45) is 4.48. The number of fused-ring (bicyclic) bond motifs is 1. The molecule has 2 heterocycles. The molecule has 126 valence electrons. The highest BCUT2D eigenvalue weighted by Gasteiger charge is 2.09. The largest absolute Gasteiger partial charge is 0.492 e. The second-order valence-corrected chi connectivity index (χ2v) is 6.06. The summed E-state index contributed by atoms with van der Waals surface area (Å²) < 4.78 is 12.4. The Morgan fingerprint density at radius 2 is 2.04 bits per heavy atom. The maximum Gasteiger partial charge on any atom is 0.272 e. The van der Waals surface area contributed by atoms with Gasteiger partial charge in [0, 0.05) is 43.0 Å². The highest BCUT2D eigenvalue weighted by molar-refractivity contribution is 6.30. The van der Waals surface area contributed by atoms with Gasteiger partial charge in [-0.1, -0.05) is 17.7 Å². The molecule has 1 aromatic carbocycles. The van der Waals surface area contributed by atoms with Gasteiger partial charge in [0.25, 0.3) is 5.56 Å². The highest BCUT2D eigenvalue weighted by Crippen LogP contribution is 2.25. The van der Waals surface area contributed by atoms with Gasteiger partial charge in [-0.15, -0.1) is 0 Å². The van der Waals surface area contributed by atoms with E-state index in [1.54, 1.807) is 23.8 Å². The minimum atomic E-state index is -0.168. The van der Waals surface area contributed by atoms with Crippen LogP contribution in [0.15, 0.2) is 41.5 Å². The Morgan fingerprint density at radius 1 is 1.21 bits per heavy atom. The van der Waals surface area contributed by atoms with E-state index in [0.29, 0.717) is 35.2 Å². The predicted octanol–water partition coefficient (Wildman–Crippen LogP) is 3.67. The number of hydrogen-bond donors (Lipinski definition) is 1. The summed E-state index contributed by atoms with van der Waals surface area (Å²) in [6, 6.07) is 7.35. The van der Waals surface area contributed by atoms with Crippen LogP contribution in [0.2, 0.25) is 5.02 Å². The third-order valence-electron chi connectivity index (χ3n) is 3.82. The third-order valence-corrected chi connectivity index (χ3v) is 4.06. The number of benzene rings is 1. The molecule has 5 nitrogen and oxygen atoms in total. The maximum atomic E-state index is 12.4. The van der Waals surface area contributed by atoms with Crippen molar-refractivity contribution in [3.05, 3.63) is 57.6 Å². The van der Waals surface area contributed by atoms with Crippen LogP contribution >= 0.6 is 11.6 Å². The summed E-state index contributed by atoms with van der Waals surface area (Å²) in [5.74, 6) is 0.663. The second kappa shape index (κ2) is 7.11. The zero-order valence-corrected chi connectivity index (χ0v) is 14.4. The summed E-state index contributed by atoms with van der Waals surface area (Å²) in [7, 11) is 1.66. The van der Waals surface area contributed by atoms with Crippen LogP contribution in [0.3, 0.4) is 0 Å². The van der Waals surface area contributed by atoms with Crippen molar-refractivity contribution in [1.82, 2.24) is 9.38 Å². The Kier molecular flexibility index (Phi) is 4.92. The molecule has 3 rings (SSSR count). The van der Waals surface area contributed by atoms with Crippen LogP contribution in [0.5, 0.6) is 5.75 Å². The summed E-state index contributed by atoms with van der Waals surface area (Å²) in [4.78, 5) is 15.3. The number of H-pyrrole nitrogens is 1. The normalized spacial score (nSPS) is 11.1. The molecule has 0 saturated carbocycles. The fourth-order valence-corrected chi connectivity index (χ4v) is 2.77. The zero-order valence-electron chi connectivity index (χ0n) is 13.6. The first-order chi connectivity index (χ1) is 11.6. The van der Waals surface area contributed by atoms with E-state index in [9.17, 15) is 4.79 Å². The predicted molar refractivity (Wildman–Crippen MR) is 95.2 cm³/mol. The Hall–Kier alpha value is -2.24. The van der Waals surface area contributed by atoms with Crippen LogP contribution in [0.1, 0.15) is 12.0 Å². The molecule has 0 aliphatic carbocycles. The van der Waals surface area contributed by atoms with E-state index >= 15 is 0 Å². The summed E-state index contributed by atoms with van der Waals surface area (Å²) >= 11 is 6.08. The number of ether oxygens (including phenoxy) is 2. The average Bonchev–Trinajstić information content (AvgIpc) is 2.97. The molecule has 0 unspecified atom stereocenters. The summed E-state index contributed by atoms with van der Waals surface area (Å²) in [5.41, 5.74) is 3.03. The van der Waals surface area contributed by atoms with Gasteiger partial charge in [0.2, 0.25) is 0 Å². The molecule has 0 saturated heterocycles. The first kappa shape index (κ1) is 16.6.